The molecule has 0 aliphatic rings. The maximum atomic E-state index is 12.2. The summed E-state index contributed by atoms with van der Waals surface area (Å²) in [5, 5.41) is 10.8. The van der Waals surface area contributed by atoms with E-state index in [1.807, 2.05) is 36.6 Å². The molecule has 0 bridgehead atoms. The van der Waals surface area contributed by atoms with Crippen LogP contribution in [0.1, 0.15) is 11.4 Å². The Kier molecular flexibility index (Phi) is 4.55. The lowest BCUT2D eigenvalue weighted by atomic mass is 10.2. The van der Waals surface area contributed by atoms with Gasteiger partial charge in [0, 0.05) is 32.9 Å². The van der Waals surface area contributed by atoms with Gasteiger partial charge in [0.15, 0.2) is 10.8 Å². The SMILES string of the molecule is Cc1csc2nc(CSc3nnc(-c4ccccc4Br)n3N)cc(=O)n12. The molecule has 0 atom stereocenters. The zero-order chi connectivity index (χ0) is 18.3. The van der Waals surface area contributed by atoms with E-state index in [4.69, 9.17) is 5.84 Å². The average molecular weight is 449 g/mol. The minimum atomic E-state index is -0.0764. The van der Waals surface area contributed by atoms with Gasteiger partial charge in [-0.25, -0.2) is 9.66 Å². The second-order valence-electron chi connectivity index (χ2n) is 5.53. The van der Waals surface area contributed by atoms with Crippen LogP contribution in [0, 0.1) is 6.92 Å². The molecule has 0 saturated carbocycles. The Bertz CT molecular complexity index is 1170. The summed E-state index contributed by atoms with van der Waals surface area (Å²) < 4.78 is 3.95. The Balaban J connectivity index is 1.60. The molecular formula is C16H13BrN6OS2. The minimum Gasteiger partial charge on any atom is -0.335 e. The van der Waals surface area contributed by atoms with E-state index in [1.54, 1.807) is 10.5 Å². The number of aromatic nitrogens is 5. The highest BCUT2D eigenvalue weighted by Crippen LogP contribution is 2.28. The van der Waals surface area contributed by atoms with Crippen LogP contribution in [0.3, 0.4) is 0 Å². The van der Waals surface area contributed by atoms with Gasteiger partial charge in [0.05, 0.1) is 5.69 Å². The minimum absolute atomic E-state index is 0.0764. The first-order valence-corrected chi connectivity index (χ1v) is 10.3. The van der Waals surface area contributed by atoms with Crippen LogP contribution < -0.4 is 11.4 Å². The molecule has 0 aliphatic heterocycles. The van der Waals surface area contributed by atoms with Crippen LogP contribution in [-0.2, 0) is 5.75 Å². The summed E-state index contributed by atoms with van der Waals surface area (Å²) in [6, 6.07) is 9.23. The predicted molar refractivity (Wildman–Crippen MR) is 107 cm³/mol. The maximum Gasteiger partial charge on any atom is 0.258 e. The van der Waals surface area contributed by atoms with Crippen molar-refractivity contribution >= 4 is 44.0 Å². The fourth-order valence-electron chi connectivity index (χ4n) is 2.52. The second kappa shape index (κ2) is 6.86. The molecule has 1 aromatic carbocycles. The molecule has 10 heteroatoms. The molecule has 0 amide bonds. The van der Waals surface area contributed by atoms with Crippen molar-refractivity contribution in [3.05, 3.63) is 61.9 Å². The molecule has 0 saturated heterocycles. The summed E-state index contributed by atoms with van der Waals surface area (Å²) in [4.78, 5) is 17.5. The van der Waals surface area contributed by atoms with E-state index < -0.39 is 0 Å². The molecule has 3 aromatic heterocycles. The van der Waals surface area contributed by atoms with E-state index >= 15 is 0 Å². The Morgan fingerprint density at radius 1 is 1.31 bits per heavy atom. The monoisotopic (exact) mass is 448 g/mol. The van der Waals surface area contributed by atoms with Crippen molar-refractivity contribution in [1.29, 1.82) is 0 Å². The van der Waals surface area contributed by atoms with Gasteiger partial charge in [-0.2, -0.15) is 0 Å². The van der Waals surface area contributed by atoms with E-state index in [1.165, 1.54) is 27.8 Å². The Morgan fingerprint density at radius 3 is 2.92 bits per heavy atom. The molecule has 26 heavy (non-hydrogen) atoms. The molecule has 3 heterocycles. The summed E-state index contributed by atoms with van der Waals surface area (Å²) in [7, 11) is 0. The molecule has 0 fully saturated rings. The van der Waals surface area contributed by atoms with E-state index in [-0.39, 0.29) is 5.56 Å². The Hall–Kier alpha value is -2.17. The van der Waals surface area contributed by atoms with Crippen LogP contribution in [0.25, 0.3) is 16.3 Å². The number of hydrogen-bond acceptors (Lipinski definition) is 7. The number of nitrogen functional groups attached to an aromatic ring is 1. The van der Waals surface area contributed by atoms with Crippen molar-refractivity contribution in [2.24, 2.45) is 0 Å². The van der Waals surface area contributed by atoms with Gasteiger partial charge in [-0.05, 0) is 19.1 Å². The third kappa shape index (κ3) is 3.04. The third-order valence-corrected chi connectivity index (χ3v) is 6.37. The summed E-state index contributed by atoms with van der Waals surface area (Å²) in [6.45, 7) is 1.89. The van der Waals surface area contributed by atoms with Gasteiger partial charge in [-0.3, -0.25) is 9.20 Å². The lowest BCUT2D eigenvalue weighted by Crippen LogP contribution is -2.15. The first kappa shape index (κ1) is 17.3. The van der Waals surface area contributed by atoms with Crippen LogP contribution in [-0.4, -0.2) is 24.3 Å². The Labute approximate surface area is 165 Å². The number of nitrogens with zero attached hydrogens (tertiary/aromatic N) is 5. The number of aryl methyl sites for hydroxylation is 1. The van der Waals surface area contributed by atoms with Crippen LogP contribution in [0.2, 0.25) is 0 Å². The quantitative estimate of drug-likeness (QED) is 0.380. The maximum absolute atomic E-state index is 12.2. The van der Waals surface area contributed by atoms with Crippen LogP contribution >= 0.6 is 39.0 Å². The number of nitrogens with two attached hydrogens (primary N) is 1. The number of thiazole rings is 1. The smallest absolute Gasteiger partial charge is 0.258 e. The molecule has 0 aliphatic carbocycles. The molecule has 0 radical (unpaired) electrons. The first-order valence-electron chi connectivity index (χ1n) is 7.59. The fourth-order valence-corrected chi connectivity index (χ4v) is 4.62. The molecule has 7 nitrogen and oxygen atoms in total. The molecule has 2 N–H and O–H groups in total. The van der Waals surface area contributed by atoms with Gasteiger partial charge < -0.3 is 5.84 Å². The topological polar surface area (TPSA) is 91.1 Å². The number of thioether (sulfide) groups is 1. The largest absolute Gasteiger partial charge is 0.335 e. The van der Waals surface area contributed by atoms with Crippen molar-refractivity contribution in [3.63, 3.8) is 0 Å². The van der Waals surface area contributed by atoms with Crippen LogP contribution in [0.15, 0.2) is 50.1 Å². The standard InChI is InChI=1S/C16H13BrN6OS2/c1-9-7-25-15-19-10(6-13(24)22(9)15)8-26-16-21-20-14(23(16)18)11-4-2-3-5-12(11)17/h2-7H,8,18H2,1H3. The van der Waals surface area contributed by atoms with Gasteiger partial charge in [0.1, 0.15) is 0 Å². The van der Waals surface area contributed by atoms with Gasteiger partial charge in [-0.1, -0.05) is 39.8 Å². The van der Waals surface area contributed by atoms with Gasteiger partial charge in [0.2, 0.25) is 5.16 Å². The number of rotatable bonds is 4. The van der Waals surface area contributed by atoms with Gasteiger partial charge >= 0.3 is 0 Å². The highest BCUT2D eigenvalue weighted by molar-refractivity contribution is 9.10. The molecule has 0 unspecified atom stereocenters. The lowest BCUT2D eigenvalue weighted by molar-refractivity contribution is 0.848. The average Bonchev–Trinajstić information content (AvgIpc) is 3.17. The first-order chi connectivity index (χ1) is 12.5. The summed E-state index contributed by atoms with van der Waals surface area (Å²) in [5.74, 6) is 7.21. The molecule has 132 valence electrons. The van der Waals surface area contributed by atoms with Crippen molar-refractivity contribution < 1.29 is 0 Å². The summed E-state index contributed by atoms with van der Waals surface area (Å²) in [5.41, 5.74) is 2.36. The number of benzene rings is 1. The zero-order valence-corrected chi connectivity index (χ0v) is 16.8. The van der Waals surface area contributed by atoms with Crippen molar-refractivity contribution in [2.75, 3.05) is 5.84 Å². The van der Waals surface area contributed by atoms with E-state index in [9.17, 15) is 4.79 Å². The summed E-state index contributed by atoms with van der Waals surface area (Å²) >= 11 is 6.33. The third-order valence-electron chi connectivity index (χ3n) is 3.76. The van der Waals surface area contributed by atoms with Crippen LogP contribution in [0.4, 0.5) is 0 Å². The van der Waals surface area contributed by atoms with Gasteiger partial charge in [-0.15, -0.1) is 21.5 Å². The van der Waals surface area contributed by atoms with Crippen molar-refractivity contribution in [1.82, 2.24) is 24.3 Å². The number of fused-ring (bicyclic) bond motifs is 1. The predicted octanol–water partition coefficient (Wildman–Crippen LogP) is 3.09. The van der Waals surface area contributed by atoms with E-state index in [0.717, 1.165) is 15.7 Å². The van der Waals surface area contributed by atoms with Crippen LogP contribution in [0.5, 0.6) is 0 Å². The number of halogens is 1. The Morgan fingerprint density at radius 2 is 2.12 bits per heavy atom. The number of hydrogen-bond donors (Lipinski definition) is 1. The molecule has 4 aromatic rings. The van der Waals surface area contributed by atoms with E-state index in [2.05, 4.69) is 31.1 Å². The second-order valence-corrected chi connectivity index (χ2v) is 8.16. The highest BCUT2D eigenvalue weighted by Gasteiger charge is 2.15. The molecule has 4 rings (SSSR count). The zero-order valence-electron chi connectivity index (χ0n) is 13.6. The fraction of sp³-hybridized carbons (Fsp3) is 0.125. The van der Waals surface area contributed by atoms with Gasteiger partial charge in [0.25, 0.3) is 5.56 Å². The molecule has 0 spiro atoms. The summed E-state index contributed by atoms with van der Waals surface area (Å²) in [6.07, 6.45) is 0. The van der Waals surface area contributed by atoms with E-state index in [0.29, 0.717) is 27.4 Å². The lowest BCUT2D eigenvalue weighted by Gasteiger charge is -2.05. The van der Waals surface area contributed by atoms with Crippen molar-refractivity contribution in [2.45, 2.75) is 17.8 Å². The molecular weight excluding hydrogens is 436 g/mol. The normalized spacial score (nSPS) is 11.3. The van der Waals surface area contributed by atoms with Crippen molar-refractivity contribution in [3.8, 4) is 11.4 Å². The highest BCUT2D eigenvalue weighted by atomic mass is 79.9.